The molecule has 0 bridgehead atoms. The summed E-state index contributed by atoms with van der Waals surface area (Å²) < 4.78 is 0. The van der Waals surface area contributed by atoms with E-state index in [0.29, 0.717) is 0 Å². The second kappa shape index (κ2) is 5.70. The summed E-state index contributed by atoms with van der Waals surface area (Å²) in [5.74, 6) is 0. The van der Waals surface area contributed by atoms with Crippen molar-refractivity contribution in [2.45, 2.75) is 23.3 Å². The van der Waals surface area contributed by atoms with Crippen molar-refractivity contribution in [2.24, 2.45) is 0 Å². The third-order valence-electron chi connectivity index (χ3n) is 3.44. The molecule has 0 aliphatic carbocycles. The highest BCUT2D eigenvalue weighted by atomic mass is 32.2. The molecular formula is C18H16OS. The van der Waals surface area contributed by atoms with Gasteiger partial charge in [-0.2, -0.15) is 0 Å². The molecule has 1 N–H and O–H groups in total. The topological polar surface area (TPSA) is 20.2 Å². The monoisotopic (exact) mass is 280 g/mol. The van der Waals surface area contributed by atoms with Crippen molar-refractivity contribution in [1.29, 1.82) is 0 Å². The molecule has 0 aromatic heterocycles. The Morgan fingerprint density at radius 1 is 0.850 bits per heavy atom. The number of hydrogen-bond acceptors (Lipinski definition) is 2. The first kappa shape index (κ1) is 13.2. The van der Waals surface area contributed by atoms with E-state index >= 15 is 0 Å². The van der Waals surface area contributed by atoms with E-state index in [9.17, 15) is 5.11 Å². The van der Waals surface area contributed by atoms with E-state index < -0.39 is 0 Å². The third-order valence-corrected chi connectivity index (χ3v) is 4.42. The average Bonchev–Trinajstić information content (AvgIpc) is 2.47. The van der Waals surface area contributed by atoms with Crippen LogP contribution < -0.4 is 0 Å². The molecule has 0 amide bonds. The molecule has 20 heavy (non-hydrogen) atoms. The van der Waals surface area contributed by atoms with Crippen LogP contribution in [0.1, 0.15) is 11.1 Å². The third kappa shape index (κ3) is 2.72. The molecule has 0 atom stereocenters. The molecule has 3 rings (SSSR count). The molecule has 0 heterocycles. The Morgan fingerprint density at radius 3 is 2.30 bits per heavy atom. The van der Waals surface area contributed by atoms with Crippen molar-refractivity contribution >= 4 is 22.5 Å². The van der Waals surface area contributed by atoms with Crippen LogP contribution in [0.5, 0.6) is 0 Å². The number of aliphatic hydroxyl groups is 1. The van der Waals surface area contributed by atoms with Gasteiger partial charge in [0.2, 0.25) is 0 Å². The highest BCUT2D eigenvalue weighted by Gasteiger charge is 2.02. The predicted octanol–water partition coefficient (Wildman–Crippen LogP) is 4.79. The standard InChI is InChI=1S/C18H16OS/c1-13-10-17(9-7-16(13)12-19)20-18-8-6-14-4-2-3-5-15(14)11-18/h2-11,19H,12H2,1H3. The molecule has 100 valence electrons. The number of fused-ring (bicyclic) bond motifs is 1. The SMILES string of the molecule is Cc1cc(Sc2ccc3ccccc3c2)ccc1CO. The highest BCUT2D eigenvalue weighted by molar-refractivity contribution is 7.99. The Kier molecular flexibility index (Phi) is 3.77. The molecule has 0 radical (unpaired) electrons. The Hall–Kier alpha value is -1.77. The lowest BCUT2D eigenvalue weighted by Crippen LogP contribution is -1.88. The van der Waals surface area contributed by atoms with Gasteiger partial charge < -0.3 is 5.11 Å². The number of aryl methyl sites for hydroxylation is 1. The molecule has 0 aliphatic rings. The van der Waals surface area contributed by atoms with Crippen molar-refractivity contribution in [1.82, 2.24) is 0 Å². The molecular weight excluding hydrogens is 264 g/mol. The van der Waals surface area contributed by atoms with Gasteiger partial charge in [-0.25, -0.2) is 0 Å². The van der Waals surface area contributed by atoms with Crippen molar-refractivity contribution in [2.75, 3.05) is 0 Å². The predicted molar refractivity (Wildman–Crippen MR) is 85.2 cm³/mol. The van der Waals surface area contributed by atoms with Crippen molar-refractivity contribution in [3.05, 3.63) is 71.8 Å². The molecule has 0 saturated carbocycles. The van der Waals surface area contributed by atoms with Gasteiger partial charge in [0.25, 0.3) is 0 Å². The summed E-state index contributed by atoms with van der Waals surface area (Å²) in [7, 11) is 0. The van der Waals surface area contributed by atoms with E-state index in [4.69, 9.17) is 0 Å². The highest BCUT2D eigenvalue weighted by Crippen LogP contribution is 2.31. The van der Waals surface area contributed by atoms with E-state index in [2.05, 4.69) is 54.6 Å². The summed E-state index contributed by atoms with van der Waals surface area (Å²) >= 11 is 1.75. The maximum atomic E-state index is 9.21. The average molecular weight is 280 g/mol. The molecule has 0 spiro atoms. The van der Waals surface area contributed by atoms with Gasteiger partial charge in [0, 0.05) is 9.79 Å². The molecule has 3 aromatic rings. The zero-order valence-electron chi connectivity index (χ0n) is 11.3. The summed E-state index contributed by atoms with van der Waals surface area (Å²) in [5, 5.41) is 11.7. The van der Waals surface area contributed by atoms with E-state index in [1.165, 1.54) is 20.6 Å². The Morgan fingerprint density at radius 2 is 1.55 bits per heavy atom. The summed E-state index contributed by atoms with van der Waals surface area (Å²) in [4.78, 5) is 2.44. The normalized spacial score (nSPS) is 10.9. The van der Waals surface area contributed by atoms with Gasteiger partial charge in [-0.05, 0) is 53.1 Å². The van der Waals surface area contributed by atoms with Crippen LogP contribution in [0.4, 0.5) is 0 Å². The molecule has 0 fully saturated rings. The lowest BCUT2D eigenvalue weighted by molar-refractivity contribution is 0.281. The molecule has 0 saturated heterocycles. The number of benzene rings is 3. The van der Waals surface area contributed by atoms with Crippen molar-refractivity contribution in [3.8, 4) is 0 Å². The summed E-state index contributed by atoms with van der Waals surface area (Å²) in [6, 6.07) is 21.1. The zero-order chi connectivity index (χ0) is 13.9. The van der Waals surface area contributed by atoms with Gasteiger partial charge in [0.15, 0.2) is 0 Å². The fourth-order valence-electron chi connectivity index (χ4n) is 2.28. The van der Waals surface area contributed by atoms with Gasteiger partial charge in [-0.3, -0.25) is 0 Å². The first-order chi connectivity index (χ1) is 9.76. The van der Waals surface area contributed by atoms with Crippen LogP contribution in [0.25, 0.3) is 10.8 Å². The Labute approximate surface area is 123 Å². The minimum Gasteiger partial charge on any atom is -0.392 e. The minimum absolute atomic E-state index is 0.104. The molecule has 0 aliphatic heterocycles. The maximum Gasteiger partial charge on any atom is 0.0684 e. The van der Waals surface area contributed by atoms with Crippen LogP contribution in [0.2, 0.25) is 0 Å². The lowest BCUT2D eigenvalue weighted by atomic mass is 10.1. The van der Waals surface area contributed by atoms with Crippen molar-refractivity contribution < 1.29 is 5.11 Å². The van der Waals surface area contributed by atoms with E-state index in [-0.39, 0.29) is 6.61 Å². The van der Waals surface area contributed by atoms with Gasteiger partial charge in [0.1, 0.15) is 0 Å². The van der Waals surface area contributed by atoms with E-state index in [0.717, 1.165) is 11.1 Å². The largest absolute Gasteiger partial charge is 0.392 e. The summed E-state index contributed by atoms with van der Waals surface area (Å²) in [6.07, 6.45) is 0. The fourth-order valence-corrected chi connectivity index (χ4v) is 3.24. The van der Waals surface area contributed by atoms with Gasteiger partial charge >= 0.3 is 0 Å². The zero-order valence-corrected chi connectivity index (χ0v) is 12.2. The Balaban J connectivity index is 1.90. The lowest BCUT2D eigenvalue weighted by Gasteiger charge is -2.07. The molecule has 1 nitrogen and oxygen atoms in total. The number of hydrogen-bond donors (Lipinski definition) is 1. The number of rotatable bonds is 3. The smallest absolute Gasteiger partial charge is 0.0684 e. The van der Waals surface area contributed by atoms with Crippen molar-refractivity contribution in [3.63, 3.8) is 0 Å². The molecule has 3 aromatic carbocycles. The maximum absolute atomic E-state index is 9.21. The Bertz CT molecular complexity index is 749. The van der Waals surface area contributed by atoms with Crippen LogP contribution in [0.3, 0.4) is 0 Å². The summed E-state index contributed by atoms with van der Waals surface area (Å²) in [6.45, 7) is 2.14. The second-order valence-corrected chi connectivity index (χ2v) is 6.00. The van der Waals surface area contributed by atoms with Crippen LogP contribution >= 0.6 is 11.8 Å². The van der Waals surface area contributed by atoms with Gasteiger partial charge in [-0.15, -0.1) is 0 Å². The van der Waals surface area contributed by atoms with E-state index in [1.54, 1.807) is 11.8 Å². The van der Waals surface area contributed by atoms with Gasteiger partial charge in [-0.1, -0.05) is 48.2 Å². The first-order valence-corrected chi connectivity index (χ1v) is 7.45. The number of aliphatic hydroxyl groups excluding tert-OH is 1. The second-order valence-electron chi connectivity index (χ2n) is 4.86. The first-order valence-electron chi connectivity index (χ1n) is 6.63. The van der Waals surface area contributed by atoms with Crippen LogP contribution in [0.15, 0.2) is 70.5 Å². The fraction of sp³-hybridized carbons (Fsp3) is 0.111. The quantitative estimate of drug-likeness (QED) is 0.744. The van der Waals surface area contributed by atoms with Crippen LogP contribution in [-0.4, -0.2) is 5.11 Å². The van der Waals surface area contributed by atoms with Crippen LogP contribution in [-0.2, 0) is 6.61 Å². The van der Waals surface area contributed by atoms with Crippen LogP contribution in [0, 0.1) is 6.92 Å². The van der Waals surface area contributed by atoms with E-state index in [1.807, 2.05) is 13.0 Å². The van der Waals surface area contributed by atoms with Gasteiger partial charge in [0.05, 0.1) is 6.61 Å². The molecule has 0 unspecified atom stereocenters. The summed E-state index contributed by atoms with van der Waals surface area (Å²) in [5.41, 5.74) is 2.13. The molecule has 2 heteroatoms. The minimum atomic E-state index is 0.104.